The van der Waals surface area contributed by atoms with Gasteiger partial charge in [-0.05, 0) is 45.0 Å². The van der Waals surface area contributed by atoms with E-state index in [0.717, 1.165) is 0 Å². The lowest BCUT2D eigenvalue weighted by atomic mass is 10.0. The molecule has 1 aromatic carbocycles. The van der Waals surface area contributed by atoms with E-state index >= 15 is 0 Å². The molecule has 1 aromatic heterocycles. The third kappa shape index (κ3) is 5.93. The minimum absolute atomic E-state index is 0.109. The third-order valence-corrected chi connectivity index (χ3v) is 4.20. The summed E-state index contributed by atoms with van der Waals surface area (Å²) in [4.78, 5) is 51.0. The largest absolute Gasteiger partial charge is 0.462 e. The second kappa shape index (κ2) is 11.7. The van der Waals surface area contributed by atoms with Crippen LogP contribution in [0.5, 0.6) is 5.75 Å². The molecule has 0 saturated heterocycles. The Balaban J connectivity index is 2.66. The van der Waals surface area contributed by atoms with Gasteiger partial charge in [-0.3, -0.25) is 14.9 Å². The second-order valence-electron chi connectivity index (χ2n) is 6.25. The first kappa shape index (κ1) is 25.5. The molecular formula is C21H24N2O10. The molecule has 1 unspecified atom stereocenters. The molecule has 1 heterocycles. The molecule has 0 spiro atoms. The first-order valence-corrected chi connectivity index (χ1v) is 9.99. The zero-order chi connectivity index (χ0) is 24.5. The van der Waals surface area contributed by atoms with E-state index in [1.165, 1.54) is 45.2 Å². The Kier molecular flexibility index (Phi) is 9.07. The van der Waals surface area contributed by atoms with Crippen LogP contribution in [-0.2, 0) is 18.9 Å². The number of nitrogens with one attached hydrogen (secondary N) is 1. The van der Waals surface area contributed by atoms with Crippen molar-refractivity contribution in [3.63, 3.8) is 0 Å². The quantitative estimate of drug-likeness (QED) is 0.227. The number of rotatable bonds is 11. The molecule has 1 N–H and O–H groups in total. The number of nitro groups is 1. The van der Waals surface area contributed by atoms with Gasteiger partial charge in [0.25, 0.3) is 5.56 Å². The zero-order valence-corrected chi connectivity index (χ0v) is 18.5. The molecule has 0 aliphatic heterocycles. The smallest absolute Gasteiger partial charge is 0.346 e. The molecule has 0 aliphatic carbocycles. The van der Waals surface area contributed by atoms with Gasteiger partial charge in [-0.1, -0.05) is 0 Å². The number of hydrogen-bond acceptors (Lipinski definition) is 10. The normalized spacial score (nSPS) is 11.5. The molecule has 0 aliphatic rings. The summed E-state index contributed by atoms with van der Waals surface area (Å²) in [6.07, 6.45) is 0. The lowest BCUT2D eigenvalue weighted by Crippen LogP contribution is -2.27. The minimum atomic E-state index is -1.20. The van der Waals surface area contributed by atoms with E-state index in [9.17, 15) is 24.5 Å². The topological polar surface area (TPSA) is 156 Å². The minimum Gasteiger partial charge on any atom is -0.462 e. The Morgan fingerprint density at radius 2 is 1.58 bits per heavy atom. The van der Waals surface area contributed by atoms with Crippen molar-refractivity contribution in [1.82, 2.24) is 4.98 Å². The van der Waals surface area contributed by atoms with Crippen molar-refractivity contribution in [2.24, 2.45) is 0 Å². The first-order valence-electron chi connectivity index (χ1n) is 9.99. The Hall–Kier alpha value is -3.77. The van der Waals surface area contributed by atoms with Crippen molar-refractivity contribution >= 4 is 17.6 Å². The zero-order valence-electron chi connectivity index (χ0n) is 18.5. The Morgan fingerprint density at radius 1 is 1.00 bits per heavy atom. The van der Waals surface area contributed by atoms with Gasteiger partial charge in [0.05, 0.1) is 24.7 Å². The summed E-state index contributed by atoms with van der Waals surface area (Å²) in [5.41, 5.74) is -3.53. The van der Waals surface area contributed by atoms with Crippen LogP contribution in [0.25, 0.3) is 11.3 Å². The SMILES string of the molecule is CCOC(=O)c1c([N+](=O)[O-])c(-c2ccc(OC(OC)OCC)cc2)[nH]c(=O)c1C(=O)OCC. The number of carbonyl (C=O) groups excluding carboxylic acids is 2. The van der Waals surface area contributed by atoms with Crippen LogP contribution >= 0.6 is 0 Å². The van der Waals surface area contributed by atoms with Crippen molar-refractivity contribution in [3.8, 4) is 17.0 Å². The number of carbonyl (C=O) groups is 2. The molecular weight excluding hydrogens is 440 g/mol. The average molecular weight is 464 g/mol. The fourth-order valence-electron chi connectivity index (χ4n) is 2.88. The molecule has 12 nitrogen and oxygen atoms in total. The molecule has 1 atom stereocenters. The summed E-state index contributed by atoms with van der Waals surface area (Å²) in [6, 6.07) is 5.77. The standard InChI is InChI=1S/C21H24N2O10/c1-5-30-19(25)14-15(20(26)31-6-2)18(24)22-16(17(14)23(27)28)12-8-10-13(11-9-12)33-21(29-4)32-7-3/h8-11,21H,5-7H2,1-4H3,(H,22,24). The van der Waals surface area contributed by atoms with Crippen LogP contribution in [0.4, 0.5) is 5.69 Å². The number of ether oxygens (including phenoxy) is 5. The van der Waals surface area contributed by atoms with E-state index in [0.29, 0.717) is 12.4 Å². The number of methoxy groups -OCH3 is 1. The maximum absolute atomic E-state index is 12.7. The molecule has 2 aromatic rings. The van der Waals surface area contributed by atoms with Crippen molar-refractivity contribution in [1.29, 1.82) is 0 Å². The molecule has 12 heteroatoms. The number of nitrogens with zero attached hydrogens (tertiary/aromatic N) is 1. The number of aromatic amines is 1. The summed E-state index contributed by atoms with van der Waals surface area (Å²) < 4.78 is 25.4. The van der Waals surface area contributed by atoms with E-state index in [1.807, 2.05) is 0 Å². The lowest BCUT2D eigenvalue weighted by molar-refractivity contribution is -0.384. The number of H-pyrrole nitrogens is 1. The van der Waals surface area contributed by atoms with Crippen LogP contribution in [0.3, 0.4) is 0 Å². The number of benzene rings is 1. The highest BCUT2D eigenvalue weighted by molar-refractivity contribution is 6.07. The van der Waals surface area contributed by atoms with Crippen LogP contribution in [0, 0.1) is 10.1 Å². The highest BCUT2D eigenvalue weighted by Gasteiger charge is 2.36. The summed E-state index contributed by atoms with van der Waals surface area (Å²) in [7, 11) is 1.39. The average Bonchev–Trinajstić information content (AvgIpc) is 2.78. The Labute approximate surface area is 188 Å². The van der Waals surface area contributed by atoms with Gasteiger partial charge in [-0.25, -0.2) is 9.59 Å². The molecule has 33 heavy (non-hydrogen) atoms. The monoisotopic (exact) mass is 464 g/mol. The highest BCUT2D eigenvalue weighted by atomic mass is 16.8. The number of aromatic nitrogens is 1. The third-order valence-electron chi connectivity index (χ3n) is 4.20. The van der Waals surface area contributed by atoms with Crippen molar-refractivity contribution in [3.05, 3.63) is 55.9 Å². The van der Waals surface area contributed by atoms with Crippen LogP contribution in [-0.4, -0.2) is 55.3 Å². The highest BCUT2D eigenvalue weighted by Crippen LogP contribution is 2.33. The lowest BCUT2D eigenvalue weighted by Gasteiger charge is -2.17. The van der Waals surface area contributed by atoms with Crippen molar-refractivity contribution in [2.75, 3.05) is 26.9 Å². The van der Waals surface area contributed by atoms with Gasteiger partial charge in [-0.2, -0.15) is 0 Å². The maximum Gasteiger partial charge on any atom is 0.346 e. The van der Waals surface area contributed by atoms with Gasteiger partial charge in [0.2, 0.25) is 0 Å². The van der Waals surface area contributed by atoms with E-state index in [-0.39, 0.29) is 24.5 Å². The van der Waals surface area contributed by atoms with Crippen molar-refractivity contribution < 1.29 is 38.2 Å². The molecule has 0 bridgehead atoms. The van der Waals surface area contributed by atoms with Gasteiger partial charge < -0.3 is 28.7 Å². The van der Waals surface area contributed by atoms with Gasteiger partial charge in [0.1, 0.15) is 17.0 Å². The van der Waals surface area contributed by atoms with Gasteiger partial charge >= 0.3 is 24.1 Å². The molecule has 0 fully saturated rings. The molecule has 178 valence electrons. The summed E-state index contributed by atoms with van der Waals surface area (Å²) in [6.45, 7) is 3.87. The molecule has 2 rings (SSSR count). The van der Waals surface area contributed by atoms with Crippen LogP contribution in [0.2, 0.25) is 0 Å². The van der Waals surface area contributed by atoms with E-state index in [1.54, 1.807) is 6.92 Å². The van der Waals surface area contributed by atoms with E-state index < -0.39 is 45.7 Å². The summed E-state index contributed by atoms with van der Waals surface area (Å²) in [5, 5.41) is 12.0. The maximum atomic E-state index is 12.7. The van der Waals surface area contributed by atoms with E-state index in [2.05, 4.69) is 4.98 Å². The van der Waals surface area contributed by atoms with Gasteiger partial charge in [0, 0.05) is 12.7 Å². The first-order chi connectivity index (χ1) is 15.8. The number of esters is 2. The van der Waals surface area contributed by atoms with Gasteiger partial charge in [-0.15, -0.1) is 0 Å². The van der Waals surface area contributed by atoms with Crippen molar-refractivity contribution in [2.45, 2.75) is 27.2 Å². The number of hydrogen-bond donors (Lipinski definition) is 1. The molecule has 0 amide bonds. The Bertz CT molecular complexity index is 1060. The molecule has 0 radical (unpaired) electrons. The molecule has 0 saturated carbocycles. The summed E-state index contributed by atoms with van der Waals surface area (Å²) in [5.74, 6) is -2.06. The number of pyridine rings is 1. The summed E-state index contributed by atoms with van der Waals surface area (Å²) >= 11 is 0. The van der Waals surface area contributed by atoms with Crippen LogP contribution in [0.15, 0.2) is 29.1 Å². The fourth-order valence-corrected chi connectivity index (χ4v) is 2.88. The predicted molar refractivity (Wildman–Crippen MR) is 114 cm³/mol. The van der Waals surface area contributed by atoms with E-state index in [4.69, 9.17) is 23.7 Å². The Morgan fingerprint density at radius 3 is 2.06 bits per heavy atom. The van der Waals surface area contributed by atoms with Gasteiger partial charge in [0.15, 0.2) is 5.56 Å². The van der Waals surface area contributed by atoms with Crippen LogP contribution < -0.4 is 10.3 Å². The second-order valence-corrected chi connectivity index (χ2v) is 6.25. The fraction of sp³-hybridized carbons (Fsp3) is 0.381. The predicted octanol–water partition coefficient (Wildman–Crippen LogP) is 2.65. The van der Waals surface area contributed by atoms with Crippen LogP contribution in [0.1, 0.15) is 41.5 Å².